The summed E-state index contributed by atoms with van der Waals surface area (Å²) in [5, 5.41) is 4.99. The molecule has 0 amide bonds. The first-order chi connectivity index (χ1) is 9.76. The number of nitrogens with zero attached hydrogens (tertiary/aromatic N) is 1. The van der Waals surface area contributed by atoms with Crippen molar-refractivity contribution < 1.29 is 4.42 Å². The SMILES string of the molecule is CCNC1CCC(C)CC1Sc1nc2ccccc2o1. The molecule has 1 aromatic carbocycles. The Morgan fingerprint density at radius 1 is 1.35 bits per heavy atom. The molecule has 0 bridgehead atoms. The fraction of sp³-hybridized carbons (Fsp3) is 0.562. The molecule has 3 unspecified atom stereocenters. The van der Waals surface area contributed by atoms with Gasteiger partial charge in [-0.2, -0.15) is 0 Å². The lowest BCUT2D eigenvalue weighted by molar-refractivity contribution is 0.319. The molecule has 3 rings (SSSR count). The van der Waals surface area contributed by atoms with Gasteiger partial charge in [0.25, 0.3) is 5.22 Å². The maximum absolute atomic E-state index is 5.86. The van der Waals surface area contributed by atoms with Crippen LogP contribution in [-0.2, 0) is 0 Å². The molecule has 4 heteroatoms. The number of hydrogen-bond acceptors (Lipinski definition) is 4. The minimum absolute atomic E-state index is 0.562. The van der Waals surface area contributed by atoms with Gasteiger partial charge in [-0.1, -0.05) is 37.7 Å². The molecule has 1 aliphatic rings. The molecule has 2 aromatic rings. The van der Waals surface area contributed by atoms with Crippen LogP contribution in [0.5, 0.6) is 0 Å². The lowest BCUT2D eigenvalue weighted by Gasteiger charge is -2.34. The Kier molecular flexibility index (Phi) is 4.32. The topological polar surface area (TPSA) is 38.1 Å². The van der Waals surface area contributed by atoms with E-state index >= 15 is 0 Å². The molecule has 1 saturated carbocycles. The number of aromatic nitrogens is 1. The van der Waals surface area contributed by atoms with Crippen molar-refractivity contribution in [3.05, 3.63) is 24.3 Å². The summed E-state index contributed by atoms with van der Waals surface area (Å²) in [6.45, 7) is 5.56. The van der Waals surface area contributed by atoms with Crippen LogP contribution in [0.1, 0.15) is 33.1 Å². The Bertz CT molecular complexity index is 535. The number of para-hydroxylation sites is 2. The van der Waals surface area contributed by atoms with E-state index in [9.17, 15) is 0 Å². The third-order valence-corrected chi connectivity index (χ3v) is 5.25. The largest absolute Gasteiger partial charge is 0.431 e. The molecule has 1 fully saturated rings. The fourth-order valence-electron chi connectivity index (χ4n) is 2.99. The van der Waals surface area contributed by atoms with Crippen LogP contribution in [-0.4, -0.2) is 22.8 Å². The van der Waals surface area contributed by atoms with Crippen LogP contribution in [0, 0.1) is 5.92 Å². The Balaban J connectivity index is 1.76. The van der Waals surface area contributed by atoms with Crippen LogP contribution in [0.15, 0.2) is 33.9 Å². The summed E-state index contributed by atoms with van der Waals surface area (Å²) in [6.07, 6.45) is 3.82. The first-order valence-electron chi connectivity index (χ1n) is 7.52. The molecule has 0 saturated heterocycles. The highest BCUT2D eigenvalue weighted by atomic mass is 32.2. The van der Waals surface area contributed by atoms with Gasteiger partial charge in [0.1, 0.15) is 5.52 Å². The molecule has 1 aromatic heterocycles. The van der Waals surface area contributed by atoms with Gasteiger partial charge >= 0.3 is 0 Å². The Labute approximate surface area is 124 Å². The van der Waals surface area contributed by atoms with Crippen molar-refractivity contribution >= 4 is 22.9 Å². The van der Waals surface area contributed by atoms with Crippen LogP contribution in [0.25, 0.3) is 11.1 Å². The summed E-state index contributed by atoms with van der Waals surface area (Å²) in [7, 11) is 0. The average Bonchev–Trinajstić information content (AvgIpc) is 2.84. The standard InChI is InChI=1S/C16H22N2OS/c1-3-17-13-9-8-11(2)10-15(13)20-16-18-12-6-4-5-7-14(12)19-16/h4-7,11,13,15,17H,3,8-10H2,1-2H3. The lowest BCUT2D eigenvalue weighted by Crippen LogP contribution is -2.42. The van der Waals surface area contributed by atoms with Gasteiger partial charge in [-0.3, -0.25) is 0 Å². The first kappa shape index (κ1) is 14.0. The van der Waals surface area contributed by atoms with E-state index in [-0.39, 0.29) is 0 Å². The molecule has 108 valence electrons. The smallest absolute Gasteiger partial charge is 0.257 e. The molecule has 1 N–H and O–H groups in total. The normalized spacial score (nSPS) is 27.0. The van der Waals surface area contributed by atoms with Gasteiger partial charge in [-0.05, 0) is 43.9 Å². The Morgan fingerprint density at radius 3 is 3.00 bits per heavy atom. The van der Waals surface area contributed by atoms with Crippen molar-refractivity contribution in [2.45, 2.75) is 49.6 Å². The fourth-order valence-corrected chi connectivity index (χ4v) is 4.35. The minimum atomic E-state index is 0.562. The van der Waals surface area contributed by atoms with Crippen molar-refractivity contribution in [3.8, 4) is 0 Å². The average molecular weight is 290 g/mol. The highest BCUT2D eigenvalue weighted by Crippen LogP contribution is 2.37. The van der Waals surface area contributed by atoms with Crippen LogP contribution >= 0.6 is 11.8 Å². The molecule has 3 nitrogen and oxygen atoms in total. The molecular weight excluding hydrogens is 268 g/mol. The molecule has 1 heterocycles. The number of hydrogen-bond donors (Lipinski definition) is 1. The number of nitrogens with one attached hydrogen (secondary N) is 1. The van der Waals surface area contributed by atoms with E-state index in [2.05, 4.69) is 24.1 Å². The van der Waals surface area contributed by atoms with Gasteiger partial charge in [-0.25, -0.2) is 4.98 Å². The minimum Gasteiger partial charge on any atom is -0.431 e. The number of rotatable bonds is 4. The maximum atomic E-state index is 5.86. The van der Waals surface area contributed by atoms with Crippen molar-refractivity contribution in [3.63, 3.8) is 0 Å². The zero-order chi connectivity index (χ0) is 13.9. The highest BCUT2D eigenvalue weighted by molar-refractivity contribution is 7.99. The second-order valence-electron chi connectivity index (χ2n) is 5.69. The van der Waals surface area contributed by atoms with Crippen molar-refractivity contribution in [2.75, 3.05) is 6.54 Å². The van der Waals surface area contributed by atoms with E-state index in [1.54, 1.807) is 11.8 Å². The van der Waals surface area contributed by atoms with Gasteiger partial charge in [0.15, 0.2) is 5.58 Å². The number of fused-ring (bicyclic) bond motifs is 1. The van der Waals surface area contributed by atoms with Crippen molar-refractivity contribution in [2.24, 2.45) is 5.92 Å². The molecule has 3 atom stereocenters. The monoisotopic (exact) mass is 290 g/mol. The quantitative estimate of drug-likeness (QED) is 0.920. The Morgan fingerprint density at radius 2 is 2.20 bits per heavy atom. The third-order valence-electron chi connectivity index (χ3n) is 4.05. The van der Waals surface area contributed by atoms with Crippen LogP contribution < -0.4 is 5.32 Å². The molecule has 1 aliphatic carbocycles. The number of thioether (sulfide) groups is 1. The van der Waals surface area contributed by atoms with Gasteiger partial charge in [0.2, 0.25) is 0 Å². The zero-order valence-corrected chi connectivity index (χ0v) is 13.0. The molecule has 20 heavy (non-hydrogen) atoms. The van der Waals surface area contributed by atoms with Crippen LogP contribution in [0.2, 0.25) is 0 Å². The van der Waals surface area contributed by atoms with Gasteiger partial charge in [-0.15, -0.1) is 0 Å². The predicted molar refractivity (Wildman–Crippen MR) is 84.1 cm³/mol. The summed E-state index contributed by atoms with van der Waals surface area (Å²) < 4.78 is 5.86. The lowest BCUT2D eigenvalue weighted by atomic mass is 9.87. The summed E-state index contributed by atoms with van der Waals surface area (Å²) in [6, 6.07) is 8.57. The number of benzene rings is 1. The van der Waals surface area contributed by atoms with Crippen molar-refractivity contribution in [1.29, 1.82) is 0 Å². The molecular formula is C16H22N2OS. The third kappa shape index (κ3) is 3.01. The molecule has 0 radical (unpaired) electrons. The van der Waals surface area contributed by atoms with Crippen LogP contribution in [0.3, 0.4) is 0 Å². The molecule has 0 spiro atoms. The van der Waals surface area contributed by atoms with E-state index in [1.807, 2.05) is 24.3 Å². The molecule has 0 aliphatic heterocycles. The van der Waals surface area contributed by atoms with Gasteiger partial charge < -0.3 is 9.73 Å². The summed E-state index contributed by atoms with van der Waals surface area (Å²) >= 11 is 1.80. The van der Waals surface area contributed by atoms with Gasteiger partial charge in [0, 0.05) is 11.3 Å². The van der Waals surface area contributed by atoms with E-state index < -0.39 is 0 Å². The zero-order valence-electron chi connectivity index (χ0n) is 12.1. The van der Waals surface area contributed by atoms with E-state index in [4.69, 9.17) is 4.42 Å². The van der Waals surface area contributed by atoms with E-state index in [0.29, 0.717) is 11.3 Å². The van der Waals surface area contributed by atoms with Crippen molar-refractivity contribution in [1.82, 2.24) is 10.3 Å². The Hall–Kier alpha value is -1.00. The first-order valence-corrected chi connectivity index (χ1v) is 8.40. The summed E-state index contributed by atoms with van der Waals surface area (Å²) in [5.41, 5.74) is 1.85. The second kappa shape index (κ2) is 6.19. The number of oxazole rings is 1. The highest BCUT2D eigenvalue weighted by Gasteiger charge is 2.30. The predicted octanol–water partition coefficient (Wildman–Crippen LogP) is 4.09. The van der Waals surface area contributed by atoms with Gasteiger partial charge in [0.05, 0.1) is 0 Å². The summed E-state index contributed by atoms with van der Waals surface area (Å²) in [4.78, 5) is 4.59. The van der Waals surface area contributed by atoms with Crippen LogP contribution in [0.4, 0.5) is 0 Å². The van der Waals surface area contributed by atoms with E-state index in [0.717, 1.165) is 28.8 Å². The summed E-state index contributed by atoms with van der Waals surface area (Å²) in [5.74, 6) is 0.798. The second-order valence-corrected chi connectivity index (χ2v) is 6.88. The van der Waals surface area contributed by atoms with E-state index in [1.165, 1.54) is 19.3 Å². The maximum Gasteiger partial charge on any atom is 0.257 e.